The van der Waals surface area contributed by atoms with E-state index < -0.39 is 0 Å². The van der Waals surface area contributed by atoms with Gasteiger partial charge in [-0.3, -0.25) is 4.79 Å². The molecule has 62 valence electrons. The Bertz CT molecular complexity index is 187. The Hall–Kier alpha value is -0.500. The zero-order chi connectivity index (χ0) is 8.27. The molecule has 1 rings (SSSR count). The van der Waals surface area contributed by atoms with Crippen LogP contribution in [0.25, 0.3) is 0 Å². The Morgan fingerprint density at radius 2 is 2.55 bits per heavy atom. The number of hydrogen-bond donors (Lipinski definition) is 0. The summed E-state index contributed by atoms with van der Waals surface area (Å²) < 4.78 is 4.61. The van der Waals surface area contributed by atoms with Gasteiger partial charge in [-0.2, -0.15) is 0 Å². The largest absolute Gasteiger partial charge is 0.469 e. The van der Waals surface area contributed by atoms with E-state index in [9.17, 15) is 4.79 Å². The first-order valence-electron chi connectivity index (χ1n) is 3.66. The smallest absolute Gasteiger partial charge is 0.308 e. The van der Waals surface area contributed by atoms with E-state index in [1.54, 1.807) is 0 Å². The number of allylic oxidation sites excluding steroid dienone is 2. The van der Waals surface area contributed by atoms with Gasteiger partial charge in [-0.15, -0.1) is 0 Å². The molecule has 1 aliphatic rings. The summed E-state index contributed by atoms with van der Waals surface area (Å²) >= 11 is 5.74. The van der Waals surface area contributed by atoms with Crippen molar-refractivity contribution in [2.45, 2.75) is 19.3 Å². The lowest BCUT2D eigenvalue weighted by atomic mass is 9.94. The van der Waals surface area contributed by atoms with Crippen LogP contribution in [0, 0.1) is 5.92 Å². The second-order valence-corrected chi connectivity index (χ2v) is 3.13. The van der Waals surface area contributed by atoms with Gasteiger partial charge in [0, 0.05) is 5.03 Å². The fourth-order valence-corrected chi connectivity index (χ4v) is 1.38. The van der Waals surface area contributed by atoms with Crippen LogP contribution in [0.15, 0.2) is 11.1 Å². The summed E-state index contributed by atoms with van der Waals surface area (Å²) in [4.78, 5) is 11.0. The number of rotatable bonds is 1. The summed E-state index contributed by atoms with van der Waals surface area (Å²) in [6, 6.07) is 0. The Balaban J connectivity index is 2.47. The van der Waals surface area contributed by atoms with Gasteiger partial charge in [0.1, 0.15) is 0 Å². The van der Waals surface area contributed by atoms with E-state index in [0.29, 0.717) is 0 Å². The van der Waals surface area contributed by atoms with Crippen molar-refractivity contribution in [1.29, 1.82) is 0 Å². The number of ether oxygens (including phenoxy) is 1. The van der Waals surface area contributed by atoms with Gasteiger partial charge in [0.25, 0.3) is 0 Å². The van der Waals surface area contributed by atoms with Gasteiger partial charge in [0.15, 0.2) is 0 Å². The second kappa shape index (κ2) is 3.77. The average molecular weight is 175 g/mol. The highest BCUT2D eigenvalue weighted by atomic mass is 35.5. The van der Waals surface area contributed by atoms with Gasteiger partial charge in [-0.25, -0.2) is 0 Å². The maximum Gasteiger partial charge on any atom is 0.308 e. The molecular weight excluding hydrogens is 164 g/mol. The number of halogens is 1. The van der Waals surface area contributed by atoms with Crippen LogP contribution in [0.4, 0.5) is 0 Å². The molecule has 1 atom stereocenters. The SMILES string of the molecule is COC(=O)C1CC=C(Cl)CC1. The van der Waals surface area contributed by atoms with Gasteiger partial charge >= 0.3 is 5.97 Å². The fraction of sp³-hybridized carbons (Fsp3) is 0.625. The maximum absolute atomic E-state index is 11.0. The Morgan fingerprint density at radius 3 is 3.00 bits per heavy atom. The molecule has 0 aromatic rings. The lowest BCUT2D eigenvalue weighted by molar-refractivity contribution is -0.145. The summed E-state index contributed by atoms with van der Waals surface area (Å²) in [7, 11) is 1.42. The van der Waals surface area contributed by atoms with Crippen molar-refractivity contribution in [2.75, 3.05) is 7.11 Å². The number of hydrogen-bond acceptors (Lipinski definition) is 2. The van der Waals surface area contributed by atoms with E-state index in [-0.39, 0.29) is 11.9 Å². The van der Waals surface area contributed by atoms with Gasteiger partial charge in [0.2, 0.25) is 0 Å². The highest BCUT2D eigenvalue weighted by Crippen LogP contribution is 2.26. The molecule has 0 amide bonds. The Morgan fingerprint density at radius 1 is 1.82 bits per heavy atom. The summed E-state index contributed by atoms with van der Waals surface area (Å²) in [6.45, 7) is 0. The third-order valence-corrected chi connectivity index (χ3v) is 2.23. The molecule has 0 aromatic carbocycles. The fourth-order valence-electron chi connectivity index (χ4n) is 1.18. The zero-order valence-corrected chi connectivity index (χ0v) is 7.23. The molecule has 1 unspecified atom stereocenters. The van der Waals surface area contributed by atoms with Crippen molar-refractivity contribution in [3.05, 3.63) is 11.1 Å². The van der Waals surface area contributed by atoms with Gasteiger partial charge in [-0.1, -0.05) is 17.7 Å². The minimum atomic E-state index is -0.120. The van der Waals surface area contributed by atoms with Crippen molar-refractivity contribution >= 4 is 17.6 Å². The molecule has 0 radical (unpaired) electrons. The van der Waals surface area contributed by atoms with Crippen molar-refractivity contribution in [2.24, 2.45) is 5.92 Å². The Labute approximate surface area is 71.2 Å². The minimum Gasteiger partial charge on any atom is -0.469 e. The molecule has 0 saturated heterocycles. The van der Waals surface area contributed by atoms with E-state index in [4.69, 9.17) is 11.6 Å². The van der Waals surface area contributed by atoms with Gasteiger partial charge < -0.3 is 4.74 Å². The number of methoxy groups -OCH3 is 1. The lowest BCUT2D eigenvalue weighted by Crippen LogP contribution is -2.17. The van der Waals surface area contributed by atoms with E-state index in [0.717, 1.165) is 24.3 Å². The van der Waals surface area contributed by atoms with E-state index >= 15 is 0 Å². The topological polar surface area (TPSA) is 26.3 Å². The van der Waals surface area contributed by atoms with Crippen LogP contribution in [0.5, 0.6) is 0 Å². The molecule has 11 heavy (non-hydrogen) atoms. The van der Waals surface area contributed by atoms with Gasteiger partial charge in [-0.05, 0) is 19.3 Å². The zero-order valence-electron chi connectivity index (χ0n) is 6.47. The molecule has 0 N–H and O–H groups in total. The molecule has 0 spiro atoms. The minimum absolute atomic E-state index is 0.0301. The summed E-state index contributed by atoms with van der Waals surface area (Å²) in [6.07, 6.45) is 4.25. The average Bonchev–Trinajstić information content (AvgIpc) is 2.05. The highest BCUT2D eigenvalue weighted by molar-refractivity contribution is 6.29. The van der Waals surface area contributed by atoms with Crippen molar-refractivity contribution in [3.8, 4) is 0 Å². The molecule has 0 fully saturated rings. The quantitative estimate of drug-likeness (QED) is 0.569. The first-order chi connectivity index (χ1) is 5.24. The first kappa shape index (κ1) is 8.60. The Kier molecular flexibility index (Phi) is 2.94. The predicted molar refractivity (Wildman–Crippen MR) is 43.3 cm³/mol. The van der Waals surface area contributed by atoms with Crippen LogP contribution in [0.3, 0.4) is 0 Å². The summed E-state index contributed by atoms with van der Waals surface area (Å²) in [5, 5.41) is 0.866. The normalized spacial score (nSPS) is 24.2. The number of carbonyl (C=O) groups is 1. The summed E-state index contributed by atoms with van der Waals surface area (Å²) in [5.41, 5.74) is 0. The van der Waals surface area contributed by atoms with Crippen LogP contribution >= 0.6 is 11.6 Å². The van der Waals surface area contributed by atoms with Crippen molar-refractivity contribution in [3.63, 3.8) is 0 Å². The third kappa shape index (κ3) is 2.22. The second-order valence-electron chi connectivity index (χ2n) is 2.65. The van der Waals surface area contributed by atoms with Crippen molar-refractivity contribution in [1.82, 2.24) is 0 Å². The predicted octanol–water partition coefficient (Wildman–Crippen LogP) is 2.08. The molecule has 2 nitrogen and oxygen atoms in total. The standard InChI is InChI=1S/C8H11ClO2/c1-11-8(10)6-2-4-7(9)5-3-6/h4,6H,2-3,5H2,1H3. The van der Waals surface area contributed by atoms with Crippen LogP contribution in [-0.4, -0.2) is 13.1 Å². The van der Waals surface area contributed by atoms with Gasteiger partial charge in [0.05, 0.1) is 13.0 Å². The van der Waals surface area contributed by atoms with E-state index in [1.165, 1.54) is 7.11 Å². The molecular formula is C8H11ClO2. The molecule has 0 saturated carbocycles. The lowest BCUT2D eigenvalue weighted by Gasteiger charge is -2.16. The van der Waals surface area contributed by atoms with E-state index in [1.807, 2.05) is 6.08 Å². The molecule has 1 aliphatic carbocycles. The maximum atomic E-state index is 11.0. The number of carbonyl (C=O) groups excluding carboxylic acids is 1. The van der Waals surface area contributed by atoms with Crippen LogP contribution < -0.4 is 0 Å². The van der Waals surface area contributed by atoms with Crippen LogP contribution in [0.2, 0.25) is 0 Å². The third-order valence-electron chi connectivity index (χ3n) is 1.89. The monoisotopic (exact) mass is 174 g/mol. The summed E-state index contributed by atoms with van der Waals surface area (Å²) in [5.74, 6) is -0.0899. The molecule has 0 heterocycles. The van der Waals surface area contributed by atoms with Crippen LogP contribution in [0.1, 0.15) is 19.3 Å². The van der Waals surface area contributed by atoms with Crippen molar-refractivity contribution < 1.29 is 9.53 Å². The van der Waals surface area contributed by atoms with E-state index in [2.05, 4.69) is 4.74 Å². The van der Waals surface area contributed by atoms with Crippen LogP contribution in [-0.2, 0) is 9.53 Å². The molecule has 0 aliphatic heterocycles. The molecule has 0 bridgehead atoms. The number of esters is 1. The highest BCUT2D eigenvalue weighted by Gasteiger charge is 2.20. The molecule has 3 heteroatoms. The first-order valence-corrected chi connectivity index (χ1v) is 4.04. The molecule has 0 aromatic heterocycles.